The van der Waals surface area contributed by atoms with Gasteiger partial charge in [-0.2, -0.15) is 13.2 Å². The summed E-state index contributed by atoms with van der Waals surface area (Å²) < 4.78 is 64.3. The normalized spacial score (nSPS) is 12.5. The third kappa shape index (κ3) is 4.78. The molecule has 0 fully saturated rings. The van der Waals surface area contributed by atoms with E-state index in [0.717, 1.165) is 30.3 Å². The number of alkyl halides is 3. The van der Waals surface area contributed by atoms with Crippen LogP contribution >= 0.6 is 0 Å². The first-order valence-corrected chi connectivity index (χ1v) is 7.29. The summed E-state index contributed by atoms with van der Waals surface area (Å²) in [5.41, 5.74) is 4.12. The van der Waals surface area contributed by atoms with Gasteiger partial charge >= 0.3 is 6.18 Å². The van der Waals surface area contributed by atoms with Crippen LogP contribution in [-0.4, -0.2) is 17.9 Å². The molecule has 0 saturated carbocycles. The summed E-state index contributed by atoms with van der Waals surface area (Å²) in [6.45, 7) is 0. The number of benzene rings is 2. The molecule has 4 nitrogen and oxygen atoms in total. The smallest absolute Gasteiger partial charge is 0.368 e. The second kappa shape index (κ2) is 7.51. The second-order valence-electron chi connectivity index (χ2n) is 5.46. The van der Waals surface area contributed by atoms with Crippen molar-refractivity contribution in [1.29, 1.82) is 0 Å². The van der Waals surface area contributed by atoms with Gasteiger partial charge in [-0.25, -0.2) is 8.78 Å². The van der Waals surface area contributed by atoms with Crippen molar-refractivity contribution in [2.75, 3.05) is 0 Å². The number of primary amides is 1. The summed E-state index contributed by atoms with van der Waals surface area (Å²) in [7, 11) is 0. The molecule has 2 amide bonds. The van der Waals surface area contributed by atoms with Crippen molar-refractivity contribution < 1.29 is 31.5 Å². The van der Waals surface area contributed by atoms with Gasteiger partial charge in [-0.15, -0.1) is 0 Å². The summed E-state index contributed by atoms with van der Waals surface area (Å²) in [6, 6.07) is 5.23. The number of carbonyl (C=O) groups is 2. The average molecular weight is 372 g/mol. The zero-order valence-corrected chi connectivity index (χ0v) is 13.1. The summed E-state index contributed by atoms with van der Waals surface area (Å²) in [5.74, 6) is -4.32. The molecule has 0 spiro atoms. The van der Waals surface area contributed by atoms with E-state index in [4.69, 9.17) is 5.73 Å². The van der Waals surface area contributed by atoms with Crippen molar-refractivity contribution in [3.05, 3.63) is 70.8 Å². The molecule has 0 heterocycles. The van der Waals surface area contributed by atoms with Crippen LogP contribution < -0.4 is 11.1 Å². The lowest BCUT2D eigenvalue weighted by Crippen LogP contribution is -2.45. The first-order valence-electron chi connectivity index (χ1n) is 7.29. The molecule has 1 atom stereocenters. The summed E-state index contributed by atoms with van der Waals surface area (Å²) in [5, 5.41) is 2.20. The molecule has 0 aliphatic carbocycles. The molecule has 0 radical (unpaired) electrons. The highest BCUT2D eigenvalue weighted by molar-refractivity contribution is 5.97. The predicted molar refractivity (Wildman–Crippen MR) is 82.0 cm³/mol. The van der Waals surface area contributed by atoms with E-state index in [9.17, 15) is 31.5 Å². The SMILES string of the molecule is NC(=O)[C@@H](Cc1cccc(C(F)(F)F)c1)NC(=O)c1ccc(F)c(F)c1. The van der Waals surface area contributed by atoms with Gasteiger partial charge in [-0.3, -0.25) is 9.59 Å². The lowest BCUT2D eigenvalue weighted by atomic mass is 10.0. The van der Waals surface area contributed by atoms with Crippen LogP contribution in [0.25, 0.3) is 0 Å². The van der Waals surface area contributed by atoms with E-state index >= 15 is 0 Å². The largest absolute Gasteiger partial charge is 0.416 e. The average Bonchev–Trinajstić information content (AvgIpc) is 2.56. The fourth-order valence-corrected chi connectivity index (χ4v) is 2.21. The van der Waals surface area contributed by atoms with Gasteiger partial charge in [0.25, 0.3) is 5.91 Å². The lowest BCUT2D eigenvalue weighted by molar-refractivity contribution is -0.137. The Morgan fingerprint density at radius 2 is 1.73 bits per heavy atom. The Labute approximate surface area is 144 Å². The monoisotopic (exact) mass is 372 g/mol. The molecule has 2 aromatic rings. The predicted octanol–water partition coefficient (Wildman–Crippen LogP) is 2.81. The molecule has 3 N–H and O–H groups in total. The van der Waals surface area contributed by atoms with Gasteiger partial charge in [-0.05, 0) is 29.8 Å². The Kier molecular flexibility index (Phi) is 5.59. The van der Waals surface area contributed by atoms with E-state index in [1.54, 1.807) is 0 Å². The summed E-state index contributed by atoms with van der Waals surface area (Å²) >= 11 is 0. The van der Waals surface area contributed by atoms with Crippen molar-refractivity contribution in [2.24, 2.45) is 5.73 Å². The van der Waals surface area contributed by atoms with Gasteiger partial charge in [0.05, 0.1) is 5.56 Å². The third-order valence-electron chi connectivity index (χ3n) is 3.52. The maximum absolute atomic E-state index is 13.2. The van der Waals surface area contributed by atoms with Crippen LogP contribution in [0.15, 0.2) is 42.5 Å². The molecule has 0 saturated heterocycles. The molecule has 0 unspecified atom stereocenters. The Morgan fingerprint density at radius 3 is 2.31 bits per heavy atom. The van der Waals surface area contributed by atoms with Crippen LogP contribution in [0.4, 0.5) is 22.0 Å². The zero-order valence-electron chi connectivity index (χ0n) is 13.1. The molecule has 9 heteroatoms. The molecular formula is C17H13F5N2O2. The van der Waals surface area contributed by atoms with E-state index in [0.29, 0.717) is 6.07 Å². The highest BCUT2D eigenvalue weighted by Gasteiger charge is 2.30. The van der Waals surface area contributed by atoms with Crippen LogP contribution in [0.2, 0.25) is 0 Å². The Morgan fingerprint density at radius 1 is 1.04 bits per heavy atom. The third-order valence-corrected chi connectivity index (χ3v) is 3.52. The van der Waals surface area contributed by atoms with Crippen LogP contribution in [0.3, 0.4) is 0 Å². The molecular weight excluding hydrogens is 359 g/mol. The van der Waals surface area contributed by atoms with Gasteiger partial charge in [0.2, 0.25) is 5.91 Å². The molecule has 26 heavy (non-hydrogen) atoms. The summed E-state index contributed by atoms with van der Waals surface area (Å²) in [4.78, 5) is 23.6. The van der Waals surface area contributed by atoms with Crippen molar-refractivity contribution in [1.82, 2.24) is 5.32 Å². The Bertz CT molecular complexity index is 836. The topological polar surface area (TPSA) is 72.2 Å². The van der Waals surface area contributed by atoms with Crippen molar-refractivity contribution in [3.8, 4) is 0 Å². The number of nitrogens with one attached hydrogen (secondary N) is 1. The van der Waals surface area contributed by atoms with Crippen molar-refractivity contribution >= 4 is 11.8 Å². The highest BCUT2D eigenvalue weighted by atomic mass is 19.4. The number of hydrogen-bond acceptors (Lipinski definition) is 2. The van der Waals surface area contributed by atoms with Gasteiger partial charge in [0.15, 0.2) is 11.6 Å². The highest BCUT2D eigenvalue weighted by Crippen LogP contribution is 2.29. The maximum Gasteiger partial charge on any atom is 0.416 e. The standard InChI is InChI=1S/C17H13F5N2O2/c18-12-5-4-10(8-13(12)19)16(26)24-14(15(23)25)7-9-2-1-3-11(6-9)17(20,21)22/h1-6,8,14H,7H2,(H2,23,25)(H,24,26)/t14-/m1/s1. The second-order valence-corrected chi connectivity index (χ2v) is 5.46. The van der Waals surface area contributed by atoms with E-state index in [-0.39, 0.29) is 17.5 Å². The lowest BCUT2D eigenvalue weighted by Gasteiger charge is -2.16. The van der Waals surface area contributed by atoms with Crippen LogP contribution in [0, 0.1) is 11.6 Å². The number of carbonyl (C=O) groups excluding carboxylic acids is 2. The Hall–Kier alpha value is -2.97. The fourth-order valence-electron chi connectivity index (χ4n) is 2.21. The first kappa shape index (κ1) is 19.4. The number of nitrogens with two attached hydrogens (primary N) is 1. The minimum absolute atomic E-state index is 0.120. The van der Waals surface area contributed by atoms with Gasteiger partial charge in [-0.1, -0.05) is 18.2 Å². The molecule has 0 aliphatic heterocycles. The fraction of sp³-hybridized carbons (Fsp3) is 0.176. The summed E-state index contributed by atoms with van der Waals surface area (Å²) in [6.07, 6.45) is -4.86. The molecule has 0 bridgehead atoms. The van der Waals surface area contributed by atoms with E-state index in [1.165, 1.54) is 6.07 Å². The molecule has 0 aromatic heterocycles. The minimum atomic E-state index is -4.56. The van der Waals surface area contributed by atoms with Crippen molar-refractivity contribution in [3.63, 3.8) is 0 Å². The number of halogens is 5. The molecule has 2 aromatic carbocycles. The van der Waals surface area contributed by atoms with Crippen LogP contribution in [0.1, 0.15) is 21.5 Å². The van der Waals surface area contributed by atoms with E-state index < -0.39 is 41.2 Å². The Balaban J connectivity index is 2.18. The van der Waals surface area contributed by atoms with Gasteiger partial charge < -0.3 is 11.1 Å². The van der Waals surface area contributed by atoms with Crippen LogP contribution in [-0.2, 0) is 17.4 Å². The minimum Gasteiger partial charge on any atom is -0.368 e. The molecule has 138 valence electrons. The van der Waals surface area contributed by atoms with Gasteiger partial charge in [0.1, 0.15) is 6.04 Å². The molecule has 2 rings (SSSR count). The van der Waals surface area contributed by atoms with Crippen LogP contribution in [0.5, 0.6) is 0 Å². The number of amides is 2. The van der Waals surface area contributed by atoms with Crippen molar-refractivity contribution in [2.45, 2.75) is 18.6 Å². The first-order chi connectivity index (χ1) is 12.1. The van der Waals surface area contributed by atoms with E-state index in [2.05, 4.69) is 5.32 Å². The van der Waals surface area contributed by atoms with E-state index in [1.807, 2.05) is 0 Å². The quantitative estimate of drug-likeness (QED) is 0.793. The maximum atomic E-state index is 13.2. The van der Waals surface area contributed by atoms with Gasteiger partial charge in [0, 0.05) is 12.0 Å². The number of hydrogen-bond donors (Lipinski definition) is 2. The molecule has 0 aliphatic rings. The number of rotatable bonds is 5. The zero-order chi connectivity index (χ0) is 19.5.